The first-order valence-corrected chi connectivity index (χ1v) is 11.7. The number of methoxy groups -OCH3 is 1. The highest BCUT2D eigenvalue weighted by Gasteiger charge is 2.22. The van der Waals surface area contributed by atoms with Gasteiger partial charge in [-0.1, -0.05) is 54.2 Å². The molecule has 1 aliphatic heterocycles. The van der Waals surface area contributed by atoms with E-state index in [1.54, 1.807) is 13.4 Å². The van der Waals surface area contributed by atoms with E-state index in [9.17, 15) is 4.79 Å². The summed E-state index contributed by atoms with van der Waals surface area (Å²) in [5.41, 5.74) is 1.35. The molecule has 3 aromatic rings. The molecule has 0 saturated carbocycles. The second kappa shape index (κ2) is 10.7. The Morgan fingerprint density at radius 2 is 1.90 bits per heavy atom. The van der Waals surface area contributed by atoms with Gasteiger partial charge in [0.25, 0.3) is 0 Å². The maximum Gasteiger partial charge on any atom is 0.233 e. The molecule has 0 bridgehead atoms. The van der Waals surface area contributed by atoms with Crippen molar-refractivity contribution in [2.75, 3.05) is 45.6 Å². The Kier molecular flexibility index (Phi) is 7.56. The smallest absolute Gasteiger partial charge is 0.233 e. The second-order valence-corrected chi connectivity index (χ2v) is 8.68. The minimum Gasteiger partial charge on any atom is -0.385 e. The molecule has 4 rings (SSSR count). The highest BCUT2D eigenvalue weighted by Crippen LogP contribution is 2.21. The van der Waals surface area contributed by atoms with E-state index in [1.807, 2.05) is 9.47 Å². The van der Waals surface area contributed by atoms with Crippen LogP contribution < -0.4 is 0 Å². The zero-order valence-electron chi connectivity index (χ0n) is 17.9. The lowest BCUT2D eigenvalue weighted by Gasteiger charge is -2.35. The number of thioether (sulfide) groups is 1. The van der Waals surface area contributed by atoms with Crippen LogP contribution in [0, 0.1) is 0 Å². The van der Waals surface area contributed by atoms with Crippen LogP contribution in [0.1, 0.15) is 12.0 Å². The van der Waals surface area contributed by atoms with Crippen LogP contribution in [0.5, 0.6) is 0 Å². The van der Waals surface area contributed by atoms with E-state index < -0.39 is 0 Å². The van der Waals surface area contributed by atoms with Crippen LogP contribution in [0.3, 0.4) is 0 Å². The maximum atomic E-state index is 12.7. The molecule has 0 spiro atoms. The highest BCUT2D eigenvalue weighted by molar-refractivity contribution is 7.99. The van der Waals surface area contributed by atoms with Gasteiger partial charge in [0.05, 0.1) is 5.75 Å². The summed E-state index contributed by atoms with van der Waals surface area (Å²) in [6.45, 7) is 5.74. The Hall–Kier alpha value is -2.42. The molecule has 164 valence electrons. The van der Waals surface area contributed by atoms with Crippen molar-refractivity contribution in [2.45, 2.75) is 24.7 Å². The van der Waals surface area contributed by atoms with E-state index >= 15 is 0 Å². The summed E-state index contributed by atoms with van der Waals surface area (Å²) in [7, 11) is 1.70. The zero-order valence-corrected chi connectivity index (χ0v) is 18.8. The molecule has 2 aromatic carbocycles. The van der Waals surface area contributed by atoms with Gasteiger partial charge >= 0.3 is 0 Å². The molecule has 0 unspecified atom stereocenters. The molecule has 7 nitrogen and oxygen atoms in total. The van der Waals surface area contributed by atoms with Gasteiger partial charge in [-0.3, -0.25) is 9.69 Å². The second-order valence-electron chi connectivity index (χ2n) is 7.74. The van der Waals surface area contributed by atoms with Crippen LogP contribution in [0.15, 0.2) is 53.9 Å². The first kappa shape index (κ1) is 21.8. The lowest BCUT2D eigenvalue weighted by molar-refractivity contribution is -0.130. The summed E-state index contributed by atoms with van der Waals surface area (Å²) in [5.74, 6) is 0.563. The number of carbonyl (C=O) groups is 1. The average Bonchev–Trinajstić information content (AvgIpc) is 3.26. The van der Waals surface area contributed by atoms with E-state index in [2.05, 4.69) is 57.6 Å². The van der Waals surface area contributed by atoms with Crippen LogP contribution in [0.4, 0.5) is 0 Å². The standard InChI is InChI=1S/C23H29N5O2S/c1-30-15-5-10-28-18-24-25-23(28)31-17-22(29)27-13-11-26(12-14-27)16-20-8-4-7-19-6-2-3-9-21(19)20/h2-4,6-9,18H,5,10-17H2,1H3. The largest absolute Gasteiger partial charge is 0.385 e. The number of amides is 1. The van der Waals surface area contributed by atoms with Crippen molar-refractivity contribution in [3.05, 3.63) is 54.4 Å². The fourth-order valence-electron chi connectivity index (χ4n) is 3.93. The van der Waals surface area contributed by atoms with Gasteiger partial charge in [0, 0.05) is 53.0 Å². The fraction of sp³-hybridized carbons (Fsp3) is 0.435. The third-order valence-electron chi connectivity index (χ3n) is 5.65. The van der Waals surface area contributed by atoms with Crippen LogP contribution in [-0.2, 0) is 22.6 Å². The predicted molar refractivity (Wildman–Crippen MR) is 123 cm³/mol. The van der Waals surface area contributed by atoms with Crippen molar-refractivity contribution in [3.63, 3.8) is 0 Å². The Bertz CT molecular complexity index is 995. The minimum atomic E-state index is 0.168. The predicted octanol–water partition coefficient (Wildman–Crippen LogP) is 2.90. The molecule has 0 N–H and O–H groups in total. The Morgan fingerprint density at radius 1 is 1.10 bits per heavy atom. The number of hydrogen-bond donors (Lipinski definition) is 0. The number of nitrogens with zero attached hydrogens (tertiary/aromatic N) is 5. The summed E-state index contributed by atoms with van der Waals surface area (Å²) in [6.07, 6.45) is 2.61. The topological polar surface area (TPSA) is 63.5 Å². The lowest BCUT2D eigenvalue weighted by Crippen LogP contribution is -2.48. The number of ether oxygens (including phenoxy) is 1. The van der Waals surface area contributed by atoms with Gasteiger partial charge in [-0.05, 0) is 22.8 Å². The van der Waals surface area contributed by atoms with Crippen LogP contribution in [-0.4, -0.2) is 76.1 Å². The molecule has 1 aliphatic rings. The SMILES string of the molecule is COCCCn1cnnc1SCC(=O)N1CCN(Cc2cccc3ccccc23)CC1. The number of hydrogen-bond acceptors (Lipinski definition) is 6. The maximum absolute atomic E-state index is 12.7. The Balaban J connectivity index is 1.25. The Labute approximate surface area is 187 Å². The van der Waals surface area contributed by atoms with Crippen molar-refractivity contribution >= 4 is 28.4 Å². The fourth-order valence-corrected chi connectivity index (χ4v) is 4.78. The van der Waals surface area contributed by atoms with Gasteiger partial charge in [-0.25, -0.2) is 0 Å². The summed E-state index contributed by atoms with van der Waals surface area (Å²) in [5, 5.41) is 11.5. The number of piperazine rings is 1. The number of aryl methyl sites for hydroxylation is 1. The number of carbonyl (C=O) groups excluding carboxylic acids is 1. The van der Waals surface area contributed by atoms with E-state index in [0.29, 0.717) is 12.4 Å². The van der Waals surface area contributed by atoms with Crippen molar-refractivity contribution in [2.24, 2.45) is 0 Å². The summed E-state index contributed by atoms with van der Waals surface area (Å²) < 4.78 is 7.08. The number of aromatic nitrogens is 3. The molecule has 31 heavy (non-hydrogen) atoms. The average molecular weight is 440 g/mol. The first-order chi connectivity index (χ1) is 15.2. The van der Waals surface area contributed by atoms with Gasteiger partial charge in [0.15, 0.2) is 5.16 Å². The summed E-state index contributed by atoms with van der Waals surface area (Å²) in [6, 6.07) is 15.0. The molecular formula is C23H29N5O2S. The van der Waals surface area contributed by atoms with Crippen molar-refractivity contribution in [1.82, 2.24) is 24.6 Å². The summed E-state index contributed by atoms with van der Waals surface area (Å²) >= 11 is 1.46. The van der Waals surface area contributed by atoms with E-state index in [-0.39, 0.29) is 5.91 Å². The van der Waals surface area contributed by atoms with Gasteiger partial charge < -0.3 is 14.2 Å². The van der Waals surface area contributed by atoms with Gasteiger partial charge in [0.2, 0.25) is 5.91 Å². The highest BCUT2D eigenvalue weighted by atomic mass is 32.2. The third kappa shape index (κ3) is 5.64. The number of fused-ring (bicyclic) bond motifs is 1. The van der Waals surface area contributed by atoms with Gasteiger partial charge in [-0.2, -0.15) is 0 Å². The Morgan fingerprint density at radius 3 is 2.74 bits per heavy atom. The summed E-state index contributed by atoms with van der Waals surface area (Å²) in [4.78, 5) is 17.1. The molecule has 8 heteroatoms. The molecular weight excluding hydrogens is 410 g/mol. The third-order valence-corrected chi connectivity index (χ3v) is 6.62. The van der Waals surface area contributed by atoms with Crippen LogP contribution in [0.25, 0.3) is 10.8 Å². The number of benzene rings is 2. The molecule has 0 radical (unpaired) electrons. The number of rotatable bonds is 9. The normalized spacial score (nSPS) is 14.9. The molecule has 1 amide bonds. The van der Waals surface area contributed by atoms with Gasteiger partial charge in [-0.15, -0.1) is 10.2 Å². The van der Waals surface area contributed by atoms with Crippen LogP contribution >= 0.6 is 11.8 Å². The van der Waals surface area contributed by atoms with E-state index in [1.165, 1.54) is 28.1 Å². The minimum absolute atomic E-state index is 0.168. The first-order valence-electron chi connectivity index (χ1n) is 10.7. The lowest BCUT2D eigenvalue weighted by atomic mass is 10.0. The van der Waals surface area contributed by atoms with Crippen LogP contribution in [0.2, 0.25) is 0 Å². The molecule has 1 fully saturated rings. The quantitative estimate of drug-likeness (QED) is 0.377. The van der Waals surface area contributed by atoms with Crippen molar-refractivity contribution in [1.29, 1.82) is 0 Å². The van der Waals surface area contributed by atoms with E-state index in [4.69, 9.17) is 4.74 Å². The van der Waals surface area contributed by atoms with Crippen molar-refractivity contribution in [3.8, 4) is 0 Å². The molecule has 2 heterocycles. The van der Waals surface area contributed by atoms with Crippen molar-refractivity contribution < 1.29 is 9.53 Å². The van der Waals surface area contributed by atoms with Gasteiger partial charge in [0.1, 0.15) is 6.33 Å². The molecule has 0 atom stereocenters. The molecule has 0 aliphatic carbocycles. The zero-order chi connectivity index (χ0) is 21.5. The molecule has 1 aromatic heterocycles. The van der Waals surface area contributed by atoms with E-state index in [0.717, 1.165) is 50.8 Å². The molecule has 1 saturated heterocycles. The monoisotopic (exact) mass is 439 g/mol.